The number of nitrogens with two attached hydrogens (primary N) is 6. The summed E-state index contributed by atoms with van der Waals surface area (Å²) >= 11 is 31.0. The fourth-order valence-electron chi connectivity index (χ4n) is 9.46. The van der Waals surface area contributed by atoms with Crippen molar-refractivity contribution in [1.29, 1.82) is 42.1 Å². The minimum Gasteiger partial charge on any atom is -0.744 e. The summed E-state index contributed by atoms with van der Waals surface area (Å²) in [6, 6.07) is 62.5. The van der Waals surface area contributed by atoms with E-state index in [4.69, 9.17) is 146 Å². The van der Waals surface area contributed by atoms with Crippen LogP contribution in [0.1, 0.15) is 90.3 Å². The molecule has 0 radical (unpaired) electrons. The number of amides is 1. The molecule has 0 aliphatic carbocycles. The molecule has 0 bridgehead atoms. The maximum atomic E-state index is 11.7. The number of nitrogen functional groups attached to an aromatic ring is 6. The first-order valence-corrected chi connectivity index (χ1v) is 42.9. The summed E-state index contributed by atoms with van der Waals surface area (Å²) in [6.07, 6.45) is 0.607. The van der Waals surface area contributed by atoms with Crippen LogP contribution in [0.4, 0.5) is 61.4 Å². The largest absolute Gasteiger partial charge is 1.00 e. The number of pyridine rings is 2. The number of hydrogen-bond acceptors (Lipinski definition) is 35. The number of carbonyl (C=O) groups excluding carboxylic acids is 5. The second-order valence-electron chi connectivity index (χ2n) is 24.7. The number of aromatic nitrogens is 2. The first-order chi connectivity index (χ1) is 60.9. The van der Waals surface area contributed by atoms with E-state index in [0.29, 0.717) is 94.3 Å². The molecule has 0 atom stereocenters. The van der Waals surface area contributed by atoms with E-state index in [1.54, 1.807) is 130 Å². The zero-order chi connectivity index (χ0) is 96.8. The number of halogens is 5. The summed E-state index contributed by atoms with van der Waals surface area (Å²) in [7, 11) is -12.1. The fraction of sp³-hybridized carbons (Fsp3) is 0.107. The number of aryl methyl sites for hydroxylation is 2. The Labute approximate surface area is 845 Å². The Balaban J connectivity index is 0. The zero-order valence-electron chi connectivity index (χ0n) is 69.8. The molecule has 0 unspecified atom stereocenters. The van der Waals surface area contributed by atoms with Crippen LogP contribution in [0.15, 0.2) is 190 Å². The molecule has 132 heavy (non-hydrogen) atoms. The smallest absolute Gasteiger partial charge is 0.744 e. The van der Waals surface area contributed by atoms with Crippen molar-refractivity contribution < 1.29 is 133 Å². The number of nitrogens with one attached hydrogen (secondary N) is 3. The van der Waals surface area contributed by atoms with Gasteiger partial charge in [0.2, 0.25) is 5.91 Å². The number of nitrogens with zero attached hydrogens (tertiary/aromatic N) is 10. The van der Waals surface area contributed by atoms with Gasteiger partial charge in [0.25, 0.3) is 16.6 Å². The predicted molar refractivity (Wildman–Crippen MR) is 501 cm³/mol. The SMILES string of the molecule is CC(=C(C#N)C#N)c1ccc(N)cc1.CC(=O)c1ccc(N)cc1.Cc1cc(Cl)nc(Cl)c1C#N.Cc1cc(Nc2c[c-]c(Cl)cc2)nc(Nc2ccc(Cl)c(S(=O)(=O)[O-])c2)c1C#N.N#CCC#N.N#Cc1c(-c2ccc(N)cc2)csc1N.N#Cc1c(-c2cccc(NC(=O)CCOC=O)c2)csc1N.Nc1ccc(Cl)c(S(=O)(=O)O)c1.O=C1CCC(=O)O1.O=S(=O)=O.S.[HH].[Na+].[Na+]. The number of Topliss-reactive ketones (excluding diaryl/α,β-unsaturated/α-hetero) is 1. The molecule has 0 spiro atoms. The number of rotatable bonds is 15. The topological polar surface area (TPSA) is 675 Å². The Kier molecular flexibility index (Phi) is 55.2. The van der Waals surface area contributed by atoms with Gasteiger partial charge in [0, 0.05) is 63.0 Å². The molecule has 16 N–H and O–H groups in total. The number of benzene rings is 7. The van der Waals surface area contributed by atoms with Crippen molar-refractivity contribution in [3.63, 3.8) is 0 Å². The van der Waals surface area contributed by atoms with Gasteiger partial charge in [0.1, 0.15) is 89.5 Å². The van der Waals surface area contributed by atoms with E-state index >= 15 is 0 Å². The molecule has 12 rings (SSSR count). The monoisotopic (exact) mass is 2020 g/mol. The predicted octanol–water partition coefficient (Wildman–Crippen LogP) is 10.5. The van der Waals surface area contributed by atoms with Crippen molar-refractivity contribution in [3.8, 4) is 70.8 Å². The number of carbonyl (C=O) groups is 5. The van der Waals surface area contributed by atoms with E-state index in [2.05, 4.69) is 59.7 Å². The molecule has 7 aromatic carbocycles. The van der Waals surface area contributed by atoms with Gasteiger partial charge in [-0.15, -0.1) is 53.0 Å². The summed E-state index contributed by atoms with van der Waals surface area (Å²) < 4.78 is 97.8. The fourth-order valence-corrected chi connectivity index (χ4v) is 13.7. The molecule has 1 aliphatic rings. The van der Waals surface area contributed by atoms with E-state index in [0.717, 1.165) is 45.5 Å². The van der Waals surface area contributed by atoms with E-state index in [9.17, 15) is 50.6 Å². The number of ketones is 1. The van der Waals surface area contributed by atoms with Crippen LogP contribution in [0.25, 0.3) is 27.8 Å². The van der Waals surface area contributed by atoms with Crippen LogP contribution in [0.2, 0.25) is 25.4 Å². The standard InChI is InChI=1S/C19H13Cl2N4O3S.C15H13N3O3S.C11H9N3S.C11H9N3.C8H9NO.C7H4Cl2N2.C6H6ClNO3S.C4H4O3.C3H2N2.2Na.O3S.H2S.H2/c1-11-8-18(23-13-4-2-12(20)3-5-13)25-19(15(11)10-22)24-14-6-7-16(21)17(9-14)29(26,27)28;16-7-12-13(8-22-15(12)17)10-2-1-3-11(6-10)18-14(20)4-5-21-9-19;12-5-9-10(6-15-11(9)14)7-1-3-8(13)4-2-7;1-8(10(6-12)7-13)9-2-4-11(14)5-3-9;1-6(10)7-2-4-8(9)5-3-7;1-4-2-6(8)11-7(9)5(4)3-10;7-5-2-1-4(8)3-6(5)12(9,10)11;5-3-1-2-4(6)7-3;4-2-1-3-5;;;1-4(2)3;;/h2,4-9H,1H3,(H2,23,24,25)(H,26,27,28);1-3,6,8-9H,4-5,17H2,(H,18,20);1-4,6H,13-14H2;2-5H,14H2,1H3;2-5H,9H2,1H3;2H,1H3;1-3H,8H2,(H,9,10,11);1-2H2;1H2;;;;1H2;1H/q-1;;;;;;;;;2*+1;;;/p-1. The molecule has 11 aromatic rings. The first-order valence-electron chi connectivity index (χ1n) is 35.4. The minimum absolute atomic E-state index is 0. The van der Waals surface area contributed by atoms with Gasteiger partial charge in [-0.3, -0.25) is 28.5 Å². The van der Waals surface area contributed by atoms with E-state index in [1.807, 2.05) is 59.3 Å². The Hall–Kier alpha value is -12.7. The van der Waals surface area contributed by atoms with Crippen molar-refractivity contribution >= 4 is 222 Å². The normalized spacial score (nSPS) is 9.99. The van der Waals surface area contributed by atoms with Crippen LogP contribution in [0, 0.1) is 111 Å². The van der Waals surface area contributed by atoms with Crippen molar-refractivity contribution in [1.82, 2.24) is 9.97 Å². The number of ether oxygens (including phenoxy) is 2. The third-order valence-electron chi connectivity index (χ3n) is 15.6. The second-order valence-corrected chi connectivity index (χ2v) is 31.6. The van der Waals surface area contributed by atoms with Crippen LogP contribution in [-0.2, 0) is 59.5 Å². The number of allylic oxidation sites excluding steroid dienone is 2. The van der Waals surface area contributed by atoms with Gasteiger partial charge in [-0.25, -0.2) is 18.4 Å². The molecule has 1 saturated heterocycles. The van der Waals surface area contributed by atoms with Gasteiger partial charge in [-0.05, 0) is 170 Å². The third kappa shape index (κ3) is 42.5. The molecule has 35 nitrogen and oxygen atoms in total. The zero-order valence-corrected chi connectivity index (χ0v) is 82.7. The van der Waals surface area contributed by atoms with E-state index in [1.165, 1.54) is 53.9 Å². The van der Waals surface area contributed by atoms with E-state index in [-0.39, 0.29) is 166 Å². The van der Waals surface area contributed by atoms with Gasteiger partial charge in [-0.1, -0.05) is 93.5 Å². The maximum Gasteiger partial charge on any atom is 1.00 e. The van der Waals surface area contributed by atoms with Gasteiger partial charge in [-0.2, -0.15) is 82.2 Å². The molecule has 5 heterocycles. The van der Waals surface area contributed by atoms with E-state index < -0.39 is 47.7 Å². The summed E-state index contributed by atoms with van der Waals surface area (Å²) in [5, 5.41) is 82.8. The number of nitriles is 8. The summed E-state index contributed by atoms with van der Waals surface area (Å²) in [5.74, 6) is -0.366. The number of anilines is 11. The summed E-state index contributed by atoms with van der Waals surface area (Å²) in [4.78, 5) is 59.6. The van der Waals surface area contributed by atoms with Crippen LogP contribution >= 0.6 is 94.2 Å². The van der Waals surface area contributed by atoms with Crippen LogP contribution in [0.3, 0.4) is 0 Å². The Bertz CT molecular complexity index is 6600. The van der Waals surface area contributed by atoms with Crippen molar-refractivity contribution in [2.24, 2.45) is 0 Å². The van der Waals surface area contributed by atoms with Crippen molar-refractivity contribution in [2.45, 2.75) is 63.2 Å². The molecule has 1 fully saturated rings. The van der Waals surface area contributed by atoms with Gasteiger partial charge >= 0.3 is 81.7 Å². The average molecular weight is 2020 g/mol. The van der Waals surface area contributed by atoms with Crippen LogP contribution in [0.5, 0.6) is 0 Å². The Morgan fingerprint density at radius 2 is 1.08 bits per heavy atom. The molecule has 48 heteroatoms. The quantitative estimate of drug-likeness (QED) is 0.00389. The molecule has 4 aromatic heterocycles. The Morgan fingerprint density at radius 1 is 0.606 bits per heavy atom. The van der Waals surface area contributed by atoms with Gasteiger partial charge in [0.15, 0.2) is 11.6 Å². The summed E-state index contributed by atoms with van der Waals surface area (Å²) in [5.41, 5.74) is 45.8. The maximum absolute atomic E-state index is 11.7. The number of cyclic esters (lactones) is 2. The third-order valence-corrected chi connectivity index (χ3v) is 20.5. The van der Waals surface area contributed by atoms with Gasteiger partial charge < -0.3 is 64.4 Å². The van der Waals surface area contributed by atoms with Gasteiger partial charge in [0.05, 0.1) is 75.2 Å². The molecular weight excluding hydrogens is 1950 g/mol. The minimum atomic E-state index is -4.76. The number of esters is 2. The summed E-state index contributed by atoms with van der Waals surface area (Å²) in [6.45, 7) is 7.11. The molecule has 1 aliphatic heterocycles. The average Bonchev–Trinajstić information content (AvgIpc) is 1.67. The van der Waals surface area contributed by atoms with Crippen LogP contribution < -0.4 is 109 Å². The van der Waals surface area contributed by atoms with Crippen molar-refractivity contribution in [3.05, 3.63) is 256 Å². The molecule has 1 amide bonds. The first kappa shape index (κ1) is 119. The number of thiophene rings is 2. The van der Waals surface area contributed by atoms with Crippen molar-refractivity contribution in [2.75, 3.05) is 57.0 Å². The Morgan fingerprint density at radius 3 is 1.52 bits per heavy atom. The van der Waals surface area contributed by atoms with Crippen LogP contribution in [-0.4, -0.2) is 85.2 Å². The second kappa shape index (κ2) is 61.0. The molecular formula is C84H72Cl5N19Na2O16S6. The molecule has 0 saturated carbocycles. The molecule has 672 valence electrons. The number of hydrogen-bond donors (Lipinski definition) is 10.